The van der Waals surface area contributed by atoms with Crippen LogP contribution in [-0.2, 0) is 0 Å². The van der Waals surface area contributed by atoms with Crippen LogP contribution < -0.4 is 5.32 Å². The van der Waals surface area contributed by atoms with Crippen LogP contribution in [0.25, 0.3) is 0 Å². The van der Waals surface area contributed by atoms with Crippen LogP contribution in [-0.4, -0.2) is 16.0 Å². The predicted octanol–water partition coefficient (Wildman–Crippen LogP) is 2.80. The highest BCUT2D eigenvalue weighted by Crippen LogP contribution is 2.28. The fourth-order valence-electron chi connectivity index (χ4n) is 1.71. The summed E-state index contributed by atoms with van der Waals surface area (Å²) >= 11 is 0. The minimum Gasteiger partial charge on any atom is -0.507 e. The van der Waals surface area contributed by atoms with Gasteiger partial charge in [0.05, 0.1) is 0 Å². The van der Waals surface area contributed by atoms with Crippen molar-refractivity contribution in [1.29, 1.82) is 0 Å². The number of phenolic OH excluding ortho intramolecular Hbond substituents is 1. The van der Waals surface area contributed by atoms with E-state index >= 15 is 0 Å². The number of anilines is 1. The number of halogens is 1. The van der Waals surface area contributed by atoms with E-state index in [4.69, 9.17) is 0 Å². The Balaban J connectivity index is 2.27. The van der Waals surface area contributed by atoms with Gasteiger partial charge in [-0.3, -0.25) is 4.79 Å². The lowest BCUT2D eigenvalue weighted by molar-refractivity contribution is 0.102. The molecule has 0 atom stereocenters. The monoisotopic (exact) mass is 260 g/mol. The number of phenols is 1. The predicted molar refractivity (Wildman–Crippen MR) is 69.7 cm³/mol. The van der Waals surface area contributed by atoms with Crippen LogP contribution in [0.3, 0.4) is 0 Å². The maximum Gasteiger partial charge on any atom is 0.255 e. The van der Waals surface area contributed by atoms with Crippen LogP contribution >= 0.6 is 0 Å². The first-order valence-corrected chi connectivity index (χ1v) is 5.71. The Bertz CT molecular complexity index is 641. The van der Waals surface area contributed by atoms with Gasteiger partial charge in [0.1, 0.15) is 5.75 Å². The third-order valence-electron chi connectivity index (χ3n) is 2.87. The standard InChI is InChI=1S/C14H13FN2O2/c1-8-3-4-11(9(2)13(8)18)17-14(19)10-5-6-16-12(15)7-10/h3-7,18H,1-2H3,(H,17,19). The van der Waals surface area contributed by atoms with Gasteiger partial charge >= 0.3 is 0 Å². The number of nitrogens with zero attached hydrogens (tertiary/aromatic N) is 1. The molecule has 0 fully saturated rings. The van der Waals surface area contributed by atoms with Crippen LogP contribution in [0.4, 0.5) is 10.1 Å². The van der Waals surface area contributed by atoms with E-state index in [2.05, 4.69) is 10.3 Å². The molecule has 1 heterocycles. The number of hydrogen-bond donors (Lipinski definition) is 2. The zero-order chi connectivity index (χ0) is 14.0. The van der Waals surface area contributed by atoms with Crippen molar-refractivity contribution in [2.24, 2.45) is 0 Å². The Labute approximate surface area is 109 Å². The van der Waals surface area contributed by atoms with Gasteiger partial charge in [0.25, 0.3) is 5.91 Å². The fourth-order valence-corrected chi connectivity index (χ4v) is 1.71. The topological polar surface area (TPSA) is 62.2 Å². The number of carbonyl (C=O) groups excluding carboxylic acids is 1. The average Bonchev–Trinajstić information content (AvgIpc) is 2.39. The van der Waals surface area contributed by atoms with Crippen LogP contribution in [0.15, 0.2) is 30.5 Å². The maximum atomic E-state index is 12.9. The molecule has 0 spiro atoms. The lowest BCUT2D eigenvalue weighted by Crippen LogP contribution is -2.13. The molecule has 0 aliphatic rings. The summed E-state index contributed by atoms with van der Waals surface area (Å²) in [7, 11) is 0. The molecule has 2 aromatic rings. The summed E-state index contributed by atoms with van der Waals surface area (Å²) in [6, 6.07) is 5.87. The molecule has 0 saturated carbocycles. The van der Waals surface area contributed by atoms with Gasteiger partial charge in [0.2, 0.25) is 5.95 Å². The Morgan fingerprint density at radius 3 is 2.74 bits per heavy atom. The Morgan fingerprint density at radius 1 is 1.32 bits per heavy atom. The maximum absolute atomic E-state index is 12.9. The molecule has 2 rings (SSSR count). The number of rotatable bonds is 2. The van der Waals surface area contributed by atoms with Crippen LogP contribution in [0, 0.1) is 19.8 Å². The highest BCUT2D eigenvalue weighted by Gasteiger charge is 2.11. The van der Waals surface area contributed by atoms with Crippen molar-refractivity contribution >= 4 is 11.6 Å². The summed E-state index contributed by atoms with van der Waals surface area (Å²) in [4.78, 5) is 15.3. The second-order valence-corrected chi connectivity index (χ2v) is 4.22. The third kappa shape index (κ3) is 2.70. The van der Waals surface area contributed by atoms with Crippen molar-refractivity contribution in [2.75, 3.05) is 5.32 Å². The summed E-state index contributed by atoms with van der Waals surface area (Å²) in [6.07, 6.45) is 1.23. The van der Waals surface area contributed by atoms with Gasteiger partial charge < -0.3 is 10.4 Å². The molecule has 1 aromatic heterocycles. The first-order valence-electron chi connectivity index (χ1n) is 5.71. The Kier molecular flexibility index (Phi) is 3.46. The van der Waals surface area contributed by atoms with Gasteiger partial charge in [-0.05, 0) is 31.5 Å². The SMILES string of the molecule is Cc1ccc(NC(=O)c2ccnc(F)c2)c(C)c1O. The van der Waals surface area contributed by atoms with Crippen molar-refractivity contribution in [3.8, 4) is 5.75 Å². The smallest absolute Gasteiger partial charge is 0.255 e. The number of aromatic hydroxyl groups is 1. The minimum absolute atomic E-state index is 0.138. The molecule has 0 aliphatic heterocycles. The lowest BCUT2D eigenvalue weighted by atomic mass is 10.1. The van der Waals surface area contributed by atoms with E-state index in [0.29, 0.717) is 11.3 Å². The summed E-state index contributed by atoms with van der Waals surface area (Å²) in [6.45, 7) is 3.47. The van der Waals surface area contributed by atoms with Crippen molar-refractivity contribution in [2.45, 2.75) is 13.8 Å². The zero-order valence-electron chi connectivity index (χ0n) is 10.6. The quantitative estimate of drug-likeness (QED) is 0.816. The van der Waals surface area contributed by atoms with Gasteiger partial charge in [0.15, 0.2) is 0 Å². The largest absolute Gasteiger partial charge is 0.507 e. The minimum atomic E-state index is -0.712. The third-order valence-corrected chi connectivity index (χ3v) is 2.87. The molecule has 0 saturated heterocycles. The average molecular weight is 260 g/mol. The fraction of sp³-hybridized carbons (Fsp3) is 0.143. The molecule has 5 heteroatoms. The molecule has 0 radical (unpaired) electrons. The van der Waals surface area contributed by atoms with E-state index in [9.17, 15) is 14.3 Å². The van der Waals surface area contributed by atoms with E-state index in [0.717, 1.165) is 11.6 Å². The van der Waals surface area contributed by atoms with E-state index in [1.54, 1.807) is 26.0 Å². The molecule has 98 valence electrons. The number of benzene rings is 1. The van der Waals surface area contributed by atoms with Crippen molar-refractivity contribution < 1.29 is 14.3 Å². The van der Waals surface area contributed by atoms with E-state index in [1.807, 2.05) is 0 Å². The molecule has 2 N–H and O–H groups in total. The molecular weight excluding hydrogens is 247 g/mol. The normalized spacial score (nSPS) is 10.3. The van der Waals surface area contributed by atoms with Crippen LogP contribution in [0.5, 0.6) is 5.75 Å². The van der Waals surface area contributed by atoms with E-state index < -0.39 is 11.9 Å². The number of pyridine rings is 1. The second kappa shape index (κ2) is 5.06. The number of carbonyl (C=O) groups is 1. The zero-order valence-corrected chi connectivity index (χ0v) is 10.6. The summed E-state index contributed by atoms with van der Waals surface area (Å²) in [5, 5.41) is 12.4. The Morgan fingerprint density at radius 2 is 2.05 bits per heavy atom. The number of aromatic nitrogens is 1. The van der Waals surface area contributed by atoms with Gasteiger partial charge in [-0.1, -0.05) is 6.07 Å². The molecule has 19 heavy (non-hydrogen) atoms. The Hall–Kier alpha value is -2.43. The molecule has 4 nitrogen and oxygen atoms in total. The summed E-state index contributed by atoms with van der Waals surface area (Å²) < 4.78 is 12.9. The van der Waals surface area contributed by atoms with Crippen molar-refractivity contribution in [3.63, 3.8) is 0 Å². The molecule has 0 bridgehead atoms. The lowest BCUT2D eigenvalue weighted by Gasteiger charge is -2.11. The van der Waals surface area contributed by atoms with Gasteiger partial charge in [-0.15, -0.1) is 0 Å². The van der Waals surface area contributed by atoms with Gasteiger partial charge in [-0.2, -0.15) is 4.39 Å². The first kappa shape index (κ1) is 13.0. The van der Waals surface area contributed by atoms with Crippen molar-refractivity contribution in [1.82, 2.24) is 4.98 Å². The van der Waals surface area contributed by atoms with Gasteiger partial charge in [-0.25, -0.2) is 4.98 Å². The van der Waals surface area contributed by atoms with Crippen LogP contribution in [0.1, 0.15) is 21.5 Å². The highest BCUT2D eigenvalue weighted by molar-refractivity contribution is 6.04. The van der Waals surface area contributed by atoms with E-state index in [-0.39, 0.29) is 11.3 Å². The molecule has 1 amide bonds. The van der Waals surface area contributed by atoms with Crippen LogP contribution in [0.2, 0.25) is 0 Å². The summed E-state index contributed by atoms with van der Waals surface area (Å²) in [5.74, 6) is -1.03. The van der Waals surface area contributed by atoms with Gasteiger partial charge in [0, 0.05) is 29.1 Å². The first-order chi connectivity index (χ1) is 8.99. The molecular formula is C14H13FN2O2. The summed E-state index contributed by atoms with van der Waals surface area (Å²) in [5.41, 5.74) is 1.96. The number of hydrogen-bond acceptors (Lipinski definition) is 3. The molecule has 0 aliphatic carbocycles. The van der Waals surface area contributed by atoms with E-state index in [1.165, 1.54) is 12.3 Å². The molecule has 0 unspecified atom stereocenters. The molecule has 1 aromatic carbocycles. The number of aryl methyl sites for hydroxylation is 1. The van der Waals surface area contributed by atoms with Crippen molar-refractivity contribution in [3.05, 3.63) is 53.1 Å². The number of amides is 1. The second-order valence-electron chi connectivity index (χ2n) is 4.22. The number of nitrogens with one attached hydrogen (secondary N) is 1. The highest BCUT2D eigenvalue weighted by atomic mass is 19.1.